The van der Waals surface area contributed by atoms with E-state index in [9.17, 15) is 0 Å². The van der Waals surface area contributed by atoms with Crippen molar-refractivity contribution in [2.75, 3.05) is 72.2 Å². The Bertz CT molecular complexity index is 188. The summed E-state index contributed by atoms with van der Waals surface area (Å²) < 4.78 is 11.1. The van der Waals surface area contributed by atoms with Crippen LogP contribution in [0.3, 0.4) is 0 Å². The summed E-state index contributed by atoms with van der Waals surface area (Å²) in [5, 5.41) is 6.70. The molecule has 0 bridgehead atoms. The first-order chi connectivity index (χ1) is 9.43. The molecular weight excluding hydrogens is 242 g/mol. The lowest BCUT2D eigenvalue weighted by Gasteiger charge is -2.26. The molecule has 1 aliphatic heterocycles. The first kappa shape index (κ1) is 16.9. The summed E-state index contributed by atoms with van der Waals surface area (Å²) in [6.07, 6.45) is 2.49. The molecule has 1 fully saturated rings. The molecule has 0 saturated carbocycles. The fraction of sp³-hybridized carbons (Fsp3) is 1.00. The van der Waals surface area contributed by atoms with Crippen LogP contribution in [-0.2, 0) is 9.47 Å². The monoisotopic (exact) mass is 273 g/mol. The summed E-state index contributed by atoms with van der Waals surface area (Å²) in [7, 11) is 0. The van der Waals surface area contributed by atoms with E-state index in [1.165, 1.54) is 12.8 Å². The predicted molar refractivity (Wildman–Crippen MR) is 78.7 cm³/mol. The molecule has 114 valence electrons. The van der Waals surface area contributed by atoms with Crippen molar-refractivity contribution in [1.82, 2.24) is 15.5 Å². The molecule has 0 radical (unpaired) electrons. The molecule has 0 aromatic rings. The maximum absolute atomic E-state index is 5.57. The second-order valence-corrected chi connectivity index (χ2v) is 4.92. The zero-order chi connectivity index (χ0) is 13.6. The summed E-state index contributed by atoms with van der Waals surface area (Å²) in [5.74, 6) is 0. The van der Waals surface area contributed by atoms with Crippen LogP contribution in [0.25, 0.3) is 0 Å². The van der Waals surface area contributed by atoms with E-state index >= 15 is 0 Å². The Morgan fingerprint density at radius 3 is 2.47 bits per heavy atom. The van der Waals surface area contributed by atoms with Crippen molar-refractivity contribution in [2.45, 2.75) is 19.8 Å². The molecular formula is C14H31N3O2. The molecule has 0 spiro atoms. The summed E-state index contributed by atoms with van der Waals surface area (Å²) in [6, 6.07) is 0. The maximum atomic E-state index is 5.57. The van der Waals surface area contributed by atoms with Gasteiger partial charge in [-0.15, -0.1) is 0 Å². The Hall–Kier alpha value is -0.200. The van der Waals surface area contributed by atoms with Gasteiger partial charge in [0.25, 0.3) is 0 Å². The Morgan fingerprint density at radius 2 is 1.74 bits per heavy atom. The normalized spacial score (nSPS) is 16.9. The van der Waals surface area contributed by atoms with Crippen LogP contribution in [0.4, 0.5) is 0 Å². The minimum absolute atomic E-state index is 0.705. The van der Waals surface area contributed by atoms with E-state index in [1.807, 2.05) is 0 Å². The Labute approximate surface area is 118 Å². The highest BCUT2D eigenvalue weighted by Gasteiger charge is 2.07. The quantitative estimate of drug-likeness (QED) is 0.501. The van der Waals surface area contributed by atoms with Crippen LogP contribution in [-0.4, -0.2) is 77.1 Å². The number of hydrogen-bond acceptors (Lipinski definition) is 5. The highest BCUT2D eigenvalue weighted by atomic mass is 16.5. The molecule has 0 unspecified atom stereocenters. The third-order valence-corrected chi connectivity index (χ3v) is 3.26. The number of hydrogen-bond donors (Lipinski definition) is 2. The molecule has 1 heterocycles. The van der Waals surface area contributed by atoms with Crippen LogP contribution in [0.2, 0.25) is 0 Å². The lowest BCUT2D eigenvalue weighted by molar-refractivity contribution is 0.0383. The van der Waals surface area contributed by atoms with Crippen molar-refractivity contribution in [3.8, 4) is 0 Å². The highest BCUT2D eigenvalue weighted by Crippen LogP contribution is 1.91. The van der Waals surface area contributed by atoms with Crippen LogP contribution in [0.5, 0.6) is 0 Å². The van der Waals surface area contributed by atoms with Crippen LogP contribution in [0.1, 0.15) is 19.8 Å². The number of nitrogens with one attached hydrogen (secondary N) is 2. The van der Waals surface area contributed by atoms with Gasteiger partial charge in [0.15, 0.2) is 0 Å². The van der Waals surface area contributed by atoms with Gasteiger partial charge < -0.3 is 20.1 Å². The predicted octanol–water partition coefficient (Wildman–Crippen LogP) is 0.315. The van der Waals surface area contributed by atoms with Gasteiger partial charge in [-0.25, -0.2) is 0 Å². The fourth-order valence-corrected chi connectivity index (χ4v) is 2.02. The largest absolute Gasteiger partial charge is 0.378 e. The van der Waals surface area contributed by atoms with E-state index in [4.69, 9.17) is 9.47 Å². The minimum Gasteiger partial charge on any atom is -0.378 e. The van der Waals surface area contributed by atoms with Crippen LogP contribution < -0.4 is 10.6 Å². The van der Waals surface area contributed by atoms with Crippen LogP contribution in [0, 0.1) is 0 Å². The average Bonchev–Trinajstić information content (AvgIpc) is 2.46. The molecule has 1 saturated heterocycles. The maximum Gasteiger partial charge on any atom is 0.0701 e. The van der Waals surface area contributed by atoms with Gasteiger partial charge in [0.2, 0.25) is 0 Å². The zero-order valence-corrected chi connectivity index (χ0v) is 12.5. The Kier molecular flexibility index (Phi) is 11.4. The first-order valence-corrected chi connectivity index (χ1v) is 7.72. The molecule has 5 nitrogen and oxygen atoms in total. The summed E-state index contributed by atoms with van der Waals surface area (Å²) in [5.41, 5.74) is 0. The fourth-order valence-electron chi connectivity index (χ4n) is 2.02. The molecule has 1 aliphatic rings. The van der Waals surface area contributed by atoms with E-state index in [0.29, 0.717) is 13.2 Å². The van der Waals surface area contributed by atoms with Crippen molar-refractivity contribution in [2.24, 2.45) is 0 Å². The van der Waals surface area contributed by atoms with Crippen molar-refractivity contribution in [1.29, 1.82) is 0 Å². The van der Waals surface area contributed by atoms with E-state index in [1.54, 1.807) is 0 Å². The average molecular weight is 273 g/mol. The highest BCUT2D eigenvalue weighted by molar-refractivity contribution is 4.66. The van der Waals surface area contributed by atoms with Crippen molar-refractivity contribution in [3.05, 3.63) is 0 Å². The second kappa shape index (κ2) is 12.8. The lowest BCUT2D eigenvalue weighted by Crippen LogP contribution is -2.44. The number of piperazine rings is 1. The van der Waals surface area contributed by atoms with Gasteiger partial charge in [0.05, 0.1) is 26.4 Å². The molecule has 0 aromatic carbocycles. The summed E-state index contributed by atoms with van der Waals surface area (Å²) in [6.45, 7) is 12.8. The molecule has 0 amide bonds. The van der Waals surface area contributed by atoms with Gasteiger partial charge in [-0.1, -0.05) is 13.3 Å². The Balaban J connectivity index is 1.71. The van der Waals surface area contributed by atoms with Crippen molar-refractivity contribution in [3.63, 3.8) is 0 Å². The van der Waals surface area contributed by atoms with Gasteiger partial charge in [0, 0.05) is 39.3 Å². The van der Waals surface area contributed by atoms with Gasteiger partial charge >= 0.3 is 0 Å². The molecule has 0 aliphatic carbocycles. The molecule has 2 N–H and O–H groups in total. The van der Waals surface area contributed by atoms with Gasteiger partial charge in [-0.05, 0) is 13.0 Å². The van der Waals surface area contributed by atoms with Gasteiger partial charge in [-0.2, -0.15) is 0 Å². The smallest absolute Gasteiger partial charge is 0.0701 e. The van der Waals surface area contributed by atoms with Crippen LogP contribution >= 0.6 is 0 Å². The SMILES string of the molecule is CCCCNCCOCCOCCN1CCNCC1. The third kappa shape index (κ3) is 10.3. The lowest BCUT2D eigenvalue weighted by atomic mass is 10.3. The van der Waals surface area contributed by atoms with Crippen molar-refractivity contribution >= 4 is 0 Å². The minimum atomic E-state index is 0.705. The molecule has 19 heavy (non-hydrogen) atoms. The summed E-state index contributed by atoms with van der Waals surface area (Å²) >= 11 is 0. The van der Waals surface area contributed by atoms with Crippen LogP contribution in [0.15, 0.2) is 0 Å². The molecule has 0 atom stereocenters. The standard InChI is InChI=1S/C14H31N3O2/c1-2-3-4-15-7-11-18-13-14-19-12-10-17-8-5-16-6-9-17/h15-16H,2-14H2,1H3. The number of ether oxygens (including phenoxy) is 2. The third-order valence-electron chi connectivity index (χ3n) is 3.26. The zero-order valence-electron chi connectivity index (χ0n) is 12.5. The molecule has 5 heteroatoms. The van der Waals surface area contributed by atoms with E-state index in [-0.39, 0.29) is 0 Å². The number of unbranched alkanes of at least 4 members (excludes halogenated alkanes) is 1. The van der Waals surface area contributed by atoms with E-state index in [2.05, 4.69) is 22.5 Å². The van der Waals surface area contributed by atoms with Crippen molar-refractivity contribution < 1.29 is 9.47 Å². The Morgan fingerprint density at radius 1 is 1.00 bits per heavy atom. The van der Waals surface area contributed by atoms with Gasteiger partial charge in [0.1, 0.15) is 0 Å². The van der Waals surface area contributed by atoms with E-state index in [0.717, 1.165) is 59.0 Å². The molecule has 1 rings (SSSR count). The van der Waals surface area contributed by atoms with Gasteiger partial charge in [-0.3, -0.25) is 4.90 Å². The topological polar surface area (TPSA) is 45.8 Å². The molecule has 0 aromatic heterocycles. The second-order valence-electron chi connectivity index (χ2n) is 4.92. The number of rotatable bonds is 12. The number of nitrogens with zero attached hydrogens (tertiary/aromatic N) is 1. The van der Waals surface area contributed by atoms with E-state index < -0.39 is 0 Å². The first-order valence-electron chi connectivity index (χ1n) is 7.72. The summed E-state index contributed by atoms with van der Waals surface area (Å²) in [4.78, 5) is 2.44.